The van der Waals surface area contributed by atoms with Crippen molar-refractivity contribution in [1.82, 2.24) is 0 Å². The molecule has 12 heavy (non-hydrogen) atoms. The van der Waals surface area contributed by atoms with Crippen molar-refractivity contribution >= 4 is 29.1 Å². The van der Waals surface area contributed by atoms with Gasteiger partial charge in [-0.3, -0.25) is 0 Å². The first-order valence-electron chi connectivity index (χ1n) is 3.53. The van der Waals surface area contributed by atoms with Gasteiger partial charge in [0.05, 0.1) is 5.02 Å². The summed E-state index contributed by atoms with van der Waals surface area (Å²) in [6.45, 7) is 3.63. The molecule has 1 aromatic rings. The predicted octanol–water partition coefficient (Wildman–Crippen LogP) is 3.20. The van der Waals surface area contributed by atoms with Gasteiger partial charge in [0.1, 0.15) is 0 Å². The molecule has 1 rings (SSSR count). The Morgan fingerprint density at radius 2 is 2.33 bits per heavy atom. The minimum absolute atomic E-state index is 0.710. The lowest BCUT2D eigenvalue weighted by Gasteiger charge is -2.04. The summed E-state index contributed by atoms with van der Waals surface area (Å²) in [5, 5.41) is 0.710. The maximum absolute atomic E-state index is 5.93. The molecule has 0 amide bonds. The molecule has 0 heterocycles. The summed E-state index contributed by atoms with van der Waals surface area (Å²) in [4.78, 5) is 0.944. The summed E-state index contributed by atoms with van der Waals surface area (Å²) in [7, 11) is 0. The first-order chi connectivity index (χ1) is 5.75. The molecule has 64 valence electrons. The molecular formula is C9H10ClNS. The van der Waals surface area contributed by atoms with E-state index in [1.165, 1.54) is 0 Å². The van der Waals surface area contributed by atoms with Crippen molar-refractivity contribution in [1.29, 1.82) is 0 Å². The van der Waals surface area contributed by atoms with Crippen LogP contribution in [-0.4, -0.2) is 5.75 Å². The molecule has 0 aliphatic rings. The van der Waals surface area contributed by atoms with E-state index in [-0.39, 0.29) is 0 Å². The molecule has 0 saturated heterocycles. The number of hydrogen-bond donors (Lipinski definition) is 1. The van der Waals surface area contributed by atoms with Gasteiger partial charge in [-0.25, -0.2) is 0 Å². The van der Waals surface area contributed by atoms with Crippen molar-refractivity contribution < 1.29 is 0 Å². The van der Waals surface area contributed by atoms with E-state index < -0.39 is 0 Å². The third-order valence-electron chi connectivity index (χ3n) is 1.34. The monoisotopic (exact) mass is 199 g/mol. The van der Waals surface area contributed by atoms with E-state index in [0.717, 1.165) is 16.3 Å². The highest BCUT2D eigenvalue weighted by atomic mass is 35.5. The molecule has 1 nitrogen and oxygen atoms in total. The standard InChI is InChI=1S/C9H10ClNS/c1-2-6-12-9-7(10)4-3-5-8(9)11/h2-5H,1,6,11H2. The molecule has 0 spiro atoms. The largest absolute Gasteiger partial charge is 0.398 e. The van der Waals surface area contributed by atoms with Crippen LogP contribution < -0.4 is 5.73 Å². The van der Waals surface area contributed by atoms with Crippen LogP contribution in [0.1, 0.15) is 0 Å². The lowest BCUT2D eigenvalue weighted by Crippen LogP contribution is -1.88. The van der Waals surface area contributed by atoms with E-state index in [9.17, 15) is 0 Å². The SMILES string of the molecule is C=CCSc1c(N)cccc1Cl. The molecule has 0 aliphatic carbocycles. The Morgan fingerprint density at radius 3 is 2.92 bits per heavy atom. The van der Waals surface area contributed by atoms with E-state index in [1.807, 2.05) is 24.3 Å². The number of thioether (sulfide) groups is 1. The van der Waals surface area contributed by atoms with Crippen molar-refractivity contribution in [2.24, 2.45) is 0 Å². The Balaban J connectivity index is 2.88. The second kappa shape index (κ2) is 4.43. The molecule has 3 heteroatoms. The Hall–Kier alpha value is -0.600. The van der Waals surface area contributed by atoms with Crippen molar-refractivity contribution in [3.8, 4) is 0 Å². The molecule has 0 aliphatic heterocycles. The van der Waals surface area contributed by atoms with Crippen LogP contribution in [0.3, 0.4) is 0 Å². The van der Waals surface area contributed by atoms with Gasteiger partial charge >= 0.3 is 0 Å². The van der Waals surface area contributed by atoms with Crippen molar-refractivity contribution in [2.75, 3.05) is 11.5 Å². The minimum Gasteiger partial charge on any atom is -0.398 e. The number of nitrogens with two attached hydrogens (primary N) is 1. The maximum atomic E-state index is 5.93. The van der Waals surface area contributed by atoms with Crippen molar-refractivity contribution in [2.45, 2.75) is 4.90 Å². The number of anilines is 1. The molecule has 0 atom stereocenters. The normalized spacial score (nSPS) is 9.75. The Bertz CT molecular complexity index is 266. The van der Waals surface area contributed by atoms with Gasteiger partial charge in [0.2, 0.25) is 0 Å². The topological polar surface area (TPSA) is 26.0 Å². The quantitative estimate of drug-likeness (QED) is 0.460. The minimum atomic E-state index is 0.710. The van der Waals surface area contributed by atoms with Gasteiger partial charge in [-0.2, -0.15) is 0 Å². The lowest BCUT2D eigenvalue weighted by atomic mass is 10.3. The van der Waals surface area contributed by atoms with Gasteiger partial charge in [0.25, 0.3) is 0 Å². The highest BCUT2D eigenvalue weighted by molar-refractivity contribution is 7.99. The summed E-state index contributed by atoms with van der Waals surface area (Å²) in [5.41, 5.74) is 6.45. The molecule has 0 fully saturated rings. The van der Waals surface area contributed by atoms with Gasteiger partial charge in [0.15, 0.2) is 0 Å². The molecule has 0 saturated carbocycles. The van der Waals surface area contributed by atoms with Crippen LogP contribution in [0.15, 0.2) is 35.7 Å². The van der Waals surface area contributed by atoms with E-state index in [2.05, 4.69) is 6.58 Å². The Kier molecular flexibility index (Phi) is 3.50. The van der Waals surface area contributed by atoms with Gasteiger partial charge in [-0.05, 0) is 12.1 Å². The van der Waals surface area contributed by atoms with E-state index in [0.29, 0.717) is 5.02 Å². The van der Waals surface area contributed by atoms with E-state index in [1.54, 1.807) is 11.8 Å². The van der Waals surface area contributed by atoms with E-state index >= 15 is 0 Å². The second-order valence-electron chi connectivity index (χ2n) is 2.26. The van der Waals surface area contributed by atoms with Crippen LogP contribution in [0.4, 0.5) is 5.69 Å². The van der Waals surface area contributed by atoms with Crippen LogP contribution in [0.5, 0.6) is 0 Å². The summed E-state index contributed by atoms with van der Waals surface area (Å²) in [5.74, 6) is 0.827. The number of benzene rings is 1. The van der Waals surface area contributed by atoms with Crippen LogP contribution in [0, 0.1) is 0 Å². The van der Waals surface area contributed by atoms with Crippen molar-refractivity contribution in [3.05, 3.63) is 35.9 Å². The smallest absolute Gasteiger partial charge is 0.0562 e. The Morgan fingerprint density at radius 1 is 1.58 bits per heavy atom. The van der Waals surface area contributed by atoms with Crippen LogP contribution in [0.25, 0.3) is 0 Å². The van der Waals surface area contributed by atoms with Gasteiger partial charge in [-0.1, -0.05) is 23.7 Å². The number of nitrogen functional groups attached to an aromatic ring is 1. The van der Waals surface area contributed by atoms with Crippen LogP contribution in [0.2, 0.25) is 5.02 Å². The summed E-state index contributed by atoms with van der Waals surface area (Å²) in [6.07, 6.45) is 1.83. The van der Waals surface area contributed by atoms with Crippen LogP contribution >= 0.6 is 23.4 Å². The predicted molar refractivity (Wildman–Crippen MR) is 56.8 cm³/mol. The van der Waals surface area contributed by atoms with Gasteiger partial charge < -0.3 is 5.73 Å². The molecule has 0 bridgehead atoms. The first-order valence-corrected chi connectivity index (χ1v) is 4.89. The zero-order chi connectivity index (χ0) is 8.97. The molecule has 2 N–H and O–H groups in total. The first kappa shape index (κ1) is 9.49. The molecule has 0 aromatic heterocycles. The van der Waals surface area contributed by atoms with Gasteiger partial charge in [0, 0.05) is 16.3 Å². The highest BCUT2D eigenvalue weighted by Crippen LogP contribution is 2.32. The zero-order valence-electron chi connectivity index (χ0n) is 6.59. The molecule has 1 aromatic carbocycles. The summed E-state index contributed by atoms with van der Waals surface area (Å²) < 4.78 is 0. The number of halogens is 1. The average molecular weight is 200 g/mol. The molecular weight excluding hydrogens is 190 g/mol. The maximum Gasteiger partial charge on any atom is 0.0562 e. The lowest BCUT2D eigenvalue weighted by molar-refractivity contribution is 1.46. The molecule has 0 radical (unpaired) electrons. The fraction of sp³-hybridized carbons (Fsp3) is 0.111. The third kappa shape index (κ3) is 2.19. The summed E-state index contributed by atoms with van der Waals surface area (Å²) in [6, 6.07) is 5.52. The van der Waals surface area contributed by atoms with Crippen molar-refractivity contribution in [3.63, 3.8) is 0 Å². The molecule has 0 unspecified atom stereocenters. The highest BCUT2D eigenvalue weighted by Gasteiger charge is 2.02. The number of hydrogen-bond acceptors (Lipinski definition) is 2. The fourth-order valence-electron chi connectivity index (χ4n) is 0.820. The van der Waals surface area contributed by atoms with Crippen LogP contribution in [-0.2, 0) is 0 Å². The Labute approximate surface area is 81.6 Å². The zero-order valence-corrected chi connectivity index (χ0v) is 8.16. The van der Waals surface area contributed by atoms with E-state index in [4.69, 9.17) is 17.3 Å². The van der Waals surface area contributed by atoms with Gasteiger partial charge in [-0.15, -0.1) is 18.3 Å². The third-order valence-corrected chi connectivity index (χ3v) is 2.92. The number of rotatable bonds is 3. The second-order valence-corrected chi connectivity index (χ2v) is 3.70. The fourth-order valence-corrected chi connectivity index (χ4v) is 1.89. The average Bonchev–Trinajstić information content (AvgIpc) is 2.04. The summed E-state index contributed by atoms with van der Waals surface area (Å²) >= 11 is 7.53.